The van der Waals surface area contributed by atoms with Gasteiger partial charge in [-0.15, -0.1) is 0 Å². The topological polar surface area (TPSA) is 127 Å². The van der Waals surface area contributed by atoms with Gasteiger partial charge in [0.05, 0.1) is 23.3 Å². The van der Waals surface area contributed by atoms with Gasteiger partial charge in [-0.05, 0) is 49.1 Å². The number of hydrogen-bond acceptors (Lipinski definition) is 5. The molecule has 9 nitrogen and oxygen atoms in total. The molecular formula is C25H26N8O. The molecule has 172 valence electrons. The van der Waals surface area contributed by atoms with Gasteiger partial charge >= 0.3 is 6.03 Å². The maximum absolute atomic E-state index is 12.1. The van der Waals surface area contributed by atoms with Gasteiger partial charge in [0, 0.05) is 19.3 Å². The van der Waals surface area contributed by atoms with Gasteiger partial charge in [0.15, 0.2) is 0 Å². The minimum absolute atomic E-state index is 0.231. The molecule has 2 amide bonds. The van der Waals surface area contributed by atoms with Crippen molar-refractivity contribution >= 4 is 11.8 Å². The van der Waals surface area contributed by atoms with Gasteiger partial charge in [-0.2, -0.15) is 15.5 Å². The Hall–Kier alpha value is -4.58. The summed E-state index contributed by atoms with van der Waals surface area (Å²) in [7, 11) is 0. The number of rotatable bonds is 9. The highest BCUT2D eigenvalue weighted by Gasteiger charge is 2.16. The van der Waals surface area contributed by atoms with Gasteiger partial charge in [0.25, 0.3) is 0 Å². The van der Waals surface area contributed by atoms with E-state index in [-0.39, 0.29) is 6.03 Å². The lowest BCUT2D eigenvalue weighted by Gasteiger charge is -2.06. The van der Waals surface area contributed by atoms with Gasteiger partial charge in [0.1, 0.15) is 17.5 Å². The number of urea groups is 1. The molecule has 0 atom stereocenters. The molecule has 9 heteroatoms. The summed E-state index contributed by atoms with van der Waals surface area (Å²) >= 11 is 0. The van der Waals surface area contributed by atoms with Crippen LogP contribution >= 0.6 is 0 Å². The van der Waals surface area contributed by atoms with E-state index in [1.54, 1.807) is 10.9 Å². The molecule has 2 aromatic carbocycles. The zero-order valence-electron chi connectivity index (χ0n) is 18.7. The minimum Gasteiger partial charge on any atom is -0.382 e. The first kappa shape index (κ1) is 22.6. The van der Waals surface area contributed by atoms with E-state index >= 15 is 0 Å². The number of carbonyl (C=O) groups is 1. The zero-order valence-corrected chi connectivity index (χ0v) is 18.7. The maximum atomic E-state index is 12.1. The highest BCUT2D eigenvalue weighted by molar-refractivity contribution is 5.73. The first-order valence-corrected chi connectivity index (χ1v) is 11.1. The fourth-order valence-corrected chi connectivity index (χ4v) is 3.59. The number of nitrogens with two attached hydrogens (primary N) is 1. The average molecular weight is 455 g/mol. The number of anilines is 1. The summed E-state index contributed by atoms with van der Waals surface area (Å²) in [6.07, 6.45) is 5.62. The molecule has 0 aliphatic rings. The summed E-state index contributed by atoms with van der Waals surface area (Å²) in [6.45, 7) is 0.962. The molecule has 0 radical (unpaired) electrons. The Morgan fingerprint density at radius 2 is 1.65 bits per heavy atom. The van der Waals surface area contributed by atoms with Gasteiger partial charge in [-0.25, -0.2) is 14.2 Å². The number of amides is 2. The number of benzene rings is 2. The second-order valence-corrected chi connectivity index (χ2v) is 7.73. The van der Waals surface area contributed by atoms with E-state index in [9.17, 15) is 10.1 Å². The molecule has 0 saturated carbocycles. The number of nitrogens with zero attached hydrogens (tertiary/aromatic N) is 5. The minimum atomic E-state index is -0.231. The molecule has 4 aromatic rings. The molecular weight excluding hydrogens is 428 g/mol. The second kappa shape index (κ2) is 10.8. The summed E-state index contributed by atoms with van der Waals surface area (Å²) in [4.78, 5) is 12.1. The van der Waals surface area contributed by atoms with Gasteiger partial charge in [-0.3, -0.25) is 0 Å². The van der Waals surface area contributed by atoms with Gasteiger partial charge < -0.3 is 16.4 Å². The third kappa shape index (κ3) is 5.42. The number of aryl methyl sites for hydroxylation is 1. The van der Waals surface area contributed by atoms with Crippen LogP contribution in [0.15, 0.2) is 73.1 Å². The van der Waals surface area contributed by atoms with E-state index in [0.717, 1.165) is 16.9 Å². The summed E-state index contributed by atoms with van der Waals surface area (Å²) in [5, 5.41) is 24.1. The number of para-hydroxylation sites is 2. The standard InChI is InChI=1S/C25H26N8O/c26-16-22-23(31-33(24(22)27)21-10-5-2-6-11-21)12-7-14-28-25(34)29-15-13-19-17-30-32(18-19)20-8-3-1-4-9-20/h1-6,8-11,17-18H,7,12-15,27H2,(H2,28,29,34). The monoisotopic (exact) mass is 454 g/mol. The molecule has 2 aromatic heterocycles. The first-order chi connectivity index (χ1) is 16.7. The van der Waals surface area contributed by atoms with E-state index in [2.05, 4.69) is 26.9 Å². The number of nitrogen functional groups attached to an aromatic ring is 1. The van der Waals surface area contributed by atoms with Crippen molar-refractivity contribution < 1.29 is 4.79 Å². The largest absolute Gasteiger partial charge is 0.382 e. The van der Waals surface area contributed by atoms with Crippen LogP contribution in [0, 0.1) is 11.3 Å². The van der Waals surface area contributed by atoms with Crippen molar-refractivity contribution in [3.8, 4) is 17.4 Å². The molecule has 4 rings (SSSR count). The van der Waals surface area contributed by atoms with Crippen molar-refractivity contribution in [2.45, 2.75) is 19.3 Å². The lowest BCUT2D eigenvalue weighted by molar-refractivity contribution is 0.241. The normalized spacial score (nSPS) is 10.6. The Morgan fingerprint density at radius 3 is 2.35 bits per heavy atom. The molecule has 0 aliphatic heterocycles. The van der Waals surface area contributed by atoms with Crippen molar-refractivity contribution in [1.29, 1.82) is 5.26 Å². The predicted octanol–water partition coefficient (Wildman–Crippen LogP) is 2.99. The highest BCUT2D eigenvalue weighted by atomic mass is 16.2. The maximum Gasteiger partial charge on any atom is 0.314 e. The molecule has 0 aliphatic carbocycles. The van der Waals surface area contributed by atoms with E-state index < -0.39 is 0 Å². The number of hydrogen-bond donors (Lipinski definition) is 3. The molecule has 34 heavy (non-hydrogen) atoms. The third-order valence-electron chi connectivity index (χ3n) is 5.34. The Bertz CT molecular complexity index is 1270. The zero-order chi connectivity index (χ0) is 23.8. The van der Waals surface area contributed by atoms with Gasteiger partial charge in [0.2, 0.25) is 0 Å². The smallest absolute Gasteiger partial charge is 0.314 e. The Labute approximate surface area is 197 Å². The van der Waals surface area contributed by atoms with Crippen LogP contribution in [-0.2, 0) is 12.8 Å². The number of aromatic nitrogens is 4. The van der Waals surface area contributed by atoms with E-state index in [4.69, 9.17) is 5.73 Å². The SMILES string of the molecule is N#Cc1c(CCCNC(=O)NCCc2cnn(-c3ccccc3)c2)nn(-c2ccccc2)c1N. The lowest BCUT2D eigenvalue weighted by atomic mass is 10.1. The van der Waals surface area contributed by atoms with Crippen molar-refractivity contribution in [2.75, 3.05) is 18.8 Å². The summed E-state index contributed by atoms with van der Waals surface area (Å²) < 4.78 is 3.39. The van der Waals surface area contributed by atoms with Crippen molar-refractivity contribution in [2.24, 2.45) is 0 Å². The predicted molar refractivity (Wildman–Crippen MR) is 130 cm³/mol. The van der Waals surface area contributed by atoms with E-state index in [0.29, 0.717) is 49.4 Å². The average Bonchev–Trinajstić information content (AvgIpc) is 3.47. The van der Waals surface area contributed by atoms with E-state index in [1.165, 1.54) is 0 Å². The van der Waals surface area contributed by atoms with Crippen LogP contribution in [-0.4, -0.2) is 38.7 Å². The molecule has 0 unspecified atom stereocenters. The molecule has 0 spiro atoms. The quantitative estimate of drug-likeness (QED) is 0.335. The Balaban J connectivity index is 1.20. The molecule has 4 N–H and O–H groups in total. The first-order valence-electron chi connectivity index (χ1n) is 11.1. The van der Waals surface area contributed by atoms with Crippen LogP contribution in [0.5, 0.6) is 0 Å². The lowest BCUT2D eigenvalue weighted by Crippen LogP contribution is -2.37. The Morgan fingerprint density at radius 1 is 0.971 bits per heavy atom. The summed E-state index contributed by atoms with van der Waals surface area (Å²) in [6, 6.07) is 21.2. The third-order valence-corrected chi connectivity index (χ3v) is 5.34. The molecule has 0 saturated heterocycles. The number of carbonyl (C=O) groups excluding carboxylic acids is 1. The molecule has 0 fully saturated rings. The Kier molecular flexibility index (Phi) is 7.20. The summed E-state index contributed by atoms with van der Waals surface area (Å²) in [5.41, 5.74) is 9.97. The number of nitriles is 1. The fourth-order valence-electron chi connectivity index (χ4n) is 3.59. The highest BCUT2D eigenvalue weighted by Crippen LogP contribution is 2.21. The van der Waals surface area contributed by atoms with Crippen LogP contribution < -0.4 is 16.4 Å². The van der Waals surface area contributed by atoms with Crippen LogP contribution in [0.25, 0.3) is 11.4 Å². The van der Waals surface area contributed by atoms with Crippen LogP contribution in [0.3, 0.4) is 0 Å². The van der Waals surface area contributed by atoms with Crippen LogP contribution in [0.4, 0.5) is 10.6 Å². The van der Waals surface area contributed by atoms with Crippen molar-refractivity contribution in [1.82, 2.24) is 30.2 Å². The second-order valence-electron chi connectivity index (χ2n) is 7.73. The number of nitrogens with one attached hydrogen (secondary N) is 2. The molecule has 0 bridgehead atoms. The van der Waals surface area contributed by atoms with Gasteiger partial charge in [-0.1, -0.05) is 36.4 Å². The van der Waals surface area contributed by atoms with Crippen molar-refractivity contribution in [3.05, 3.63) is 89.9 Å². The van der Waals surface area contributed by atoms with Crippen LogP contribution in [0.1, 0.15) is 23.2 Å². The molecule has 2 heterocycles. The van der Waals surface area contributed by atoms with E-state index in [1.807, 2.05) is 71.5 Å². The van der Waals surface area contributed by atoms with Crippen LogP contribution in [0.2, 0.25) is 0 Å². The fraction of sp³-hybridized carbons (Fsp3) is 0.200. The summed E-state index contributed by atoms with van der Waals surface area (Å²) in [5.74, 6) is 0.324. The van der Waals surface area contributed by atoms with Crippen molar-refractivity contribution in [3.63, 3.8) is 0 Å².